The fourth-order valence-electron chi connectivity index (χ4n) is 0.487. The first-order chi connectivity index (χ1) is 4.80. The minimum atomic E-state index is -0.615. The highest BCUT2D eigenvalue weighted by Gasteiger charge is 2.04. The van der Waals surface area contributed by atoms with Gasteiger partial charge in [0.2, 0.25) is 5.84 Å². The zero-order chi connectivity index (χ0) is 7.40. The molecule has 1 aliphatic rings. The molecule has 0 unspecified atom stereocenters. The number of hydrogen-bond acceptors (Lipinski definition) is 2. The van der Waals surface area contributed by atoms with Gasteiger partial charge in [0, 0.05) is 12.4 Å². The lowest BCUT2D eigenvalue weighted by molar-refractivity contribution is -0.112. The van der Waals surface area contributed by atoms with E-state index in [1.54, 1.807) is 12.2 Å². The molecule has 0 fully saturated rings. The first-order valence-corrected chi connectivity index (χ1v) is 2.71. The zero-order valence-corrected chi connectivity index (χ0v) is 5.19. The second-order valence-corrected chi connectivity index (χ2v) is 1.63. The molecule has 10 heavy (non-hydrogen) atoms. The lowest BCUT2D eigenvalue weighted by atomic mass is 10.5. The van der Waals surface area contributed by atoms with Crippen LogP contribution in [-0.2, 0) is 4.79 Å². The van der Waals surface area contributed by atoms with Crippen molar-refractivity contribution in [3.63, 3.8) is 0 Å². The molecule has 1 amide bonds. The summed E-state index contributed by atoms with van der Waals surface area (Å²) in [6, 6.07) is 0. The third-order valence-corrected chi connectivity index (χ3v) is 0.897. The fraction of sp³-hybridized carbons (Fsp3) is 0. The standard InChI is InChI=1S/C6H6N3O/c7-5(10)6-8-3-1-2-4-9-6/h1-4H,(H2,7,10). The summed E-state index contributed by atoms with van der Waals surface area (Å²) in [5, 5.41) is 3.66. The molecule has 1 radical (unpaired) electrons. The van der Waals surface area contributed by atoms with Gasteiger partial charge in [-0.25, -0.2) is 10.3 Å². The van der Waals surface area contributed by atoms with Gasteiger partial charge >= 0.3 is 0 Å². The molecule has 1 rings (SSSR count). The Balaban J connectivity index is 2.78. The third-order valence-electron chi connectivity index (χ3n) is 0.897. The molecule has 0 spiro atoms. The summed E-state index contributed by atoms with van der Waals surface area (Å²) < 4.78 is 0. The Labute approximate surface area is 58.1 Å². The van der Waals surface area contributed by atoms with Crippen molar-refractivity contribution in [3.05, 3.63) is 24.6 Å². The molecule has 4 heteroatoms. The van der Waals surface area contributed by atoms with Crippen molar-refractivity contribution in [2.24, 2.45) is 10.7 Å². The van der Waals surface area contributed by atoms with Gasteiger partial charge in [0.1, 0.15) is 0 Å². The van der Waals surface area contributed by atoms with E-state index in [0.29, 0.717) is 0 Å². The van der Waals surface area contributed by atoms with Crippen LogP contribution in [0.3, 0.4) is 0 Å². The summed E-state index contributed by atoms with van der Waals surface area (Å²) in [7, 11) is 0. The smallest absolute Gasteiger partial charge is 0.286 e. The monoisotopic (exact) mass is 136 g/mol. The van der Waals surface area contributed by atoms with Crippen molar-refractivity contribution in [2.45, 2.75) is 0 Å². The summed E-state index contributed by atoms with van der Waals surface area (Å²) in [4.78, 5) is 14.1. The maximum atomic E-state index is 10.4. The number of amidine groups is 1. The summed E-state index contributed by atoms with van der Waals surface area (Å²) in [6.45, 7) is 0. The minimum absolute atomic E-state index is 0.0324. The van der Waals surface area contributed by atoms with E-state index in [4.69, 9.17) is 5.73 Å². The number of carbonyl (C=O) groups excluding carboxylic acids is 1. The number of aliphatic imine (C=N–C) groups is 1. The highest BCUT2D eigenvalue weighted by molar-refractivity contribution is 6.37. The number of nitrogens with two attached hydrogens (primary N) is 1. The molecule has 4 nitrogen and oxygen atoms in total. The predicted molar refractivity (Wildman–Crippen MR) is 37.0 cm³/mol. The maximum absolute atomic E-state index is 10.4. The number of hydrogen-bond donors (Lipinski definition) is 1. The second kappa shape index (κ2) is 2.82. The lowest BCUT2D eigenvalue weighted by Gasteiger charge is -1.92. The molecule has 0 bridgehead atoms. The van der Waals surface area contributed by atoms with Gasteiger partial charge < -0.3 is 5.73 Å². The Morgan fingerprint density at radius 2 is 2.10 bits per heavy atom. The molecule has 1 aliphatic heterocycles. The molecule has 0 aromatic rings. The van der Waals surface area contributed by atoms with Gasteiger partial charge in [-0.05, 0) is 12.2 Å². The van der Waals surface area contributed by atoms with Crippen LogP contribution in [0.1, 0.15) is 0 Å². The number of amides is 1. The molecule has 0 aromatic heterocycles. The van der Waals surface area contributed by atoms with Gasteiger partial charge in [0.15, 0.2) is 0 Å². The lowest BCUT2D eigenvalue weighted by Crippen LogP contribution is -2.28. The van der Waals surface area contributed by atoms with Crippen LogP contribution in [0, 0.1) is 0 Å². The van der Waals surface area contributed by atoms with E-state index in [1.807, 2.05) is 0 Å². The second-order valence-electron chi connectivity index (χ2n) is 1.63. The van der Waals surface area contributed by atoms with E-state index in [2.05, 4.69) is 10.3 Å². The van der Waals surface area contributed by atoms with Crippen molar-refractivity contribution >= 4 is 11.7 Å². The highest BCUT2D eigenvalue weighted by atomic mass is 16.1. The Morgan fingerprint density at radius 3 is 2.80 bits per heavy atom. The van der Waals surface area contributed by atoms with Crippen molar-refractivity contribution in [3.8, 4) is 0 Å². The molecule has 0 aromatic carbocycles. The predicted octanol–water partition coefficient (Wildman–Crippen LogP) is -0.484. The normalized spacial score (nSPS) is 15.4. The van der Waals surface area contributed by atoms with Crippen LogP contribution in [0.4, 0.5) is 0 Å². The number of allylic oxidation sites excluding steroid dienone is 2. The summed E-state index contributed by atoms with van der Waals surface area (Å²) in [5.41, 5.74) is 4.91. The van der Waals surface area contributed by atoms with Crippen LogP contribution in [-0.4, -0.2) is 11.7 Å². The van der Waals surface area contributed by atoms with Gasteiger partial charge in [-0.1, -0.05) is 0 Å². The summed E-state index contributed by atoms with van der Waals surface area (Å²) >= 11 is 0. The average Bonchev–Trinajstić information content (AvgIpc) is 2.12. The molecule has 0 saturated heterocycles. The molecule has 0 atom stereocenters. The average molecular weight is 136 g/mol. The topological polar surface area (TPSA) is 69.6 Å². The van der Waals surface area contributed by atoms with Crippen molar-refractivity contribution in [1.29, 1.82) is 0 Å². The van der Waals surface area contributed by atoms with Gasteiger partial charge in [-0.3, -0.25) is 4.79 Å². The highest BCUT2D eigenvalue weighted by Crippen LogP contribution is 1.86. The largest absolute Gasteiger partial charge is 0.363 e. The van der Waals surface area contributed by atoms with Crippen LogP contribution < -0.4 is 11.1 Å². The number of nitrogens with zero attached hydrogens (tertiary/aromatic N) is 2. The Bertz CT molecular complexity index is 227. The summed E-state index contributed by atoms with van der Waals surface area (Å²) in [6.07, 6.45) is 6.26. The van der Waals surface area contributed by atoms with Crippen LogP contribution in [0.5, 0.6) is 0 Å². The number of rotatable bonds is 1. The first kappa shape index (κ1) is 6.54. The van der Waals surface area contributed by atoms with E-state index in [9.17, 15) is 4.79 Å². The number of primary amides is 1. The quantitative estimate of drug-likeness (QED) is 0.519. The molecule has 2 N–H and O–H groups in total. The molecular weight excluding hydrogens is 130 g/mol. The maximum Gasteiger partial charge on any atom is 0.286 e. The van der Waals surface area contributed by atoms with Crippen LogP contribution in [0.15, 0.2) is 29.5 Å². The summed E-state index contributed by atoms with van der Waals surface area (Å²) in [5.74, 6) is -0.582. The molecular formula is C6H6N3O. The zero-order valence-electron chi connectivity index (χ0n) is 5.19. The van der Waals surface area contributed by atoms with Crippen molar-refractivity contribution < 1.29 is 4.79 Å². The van der Waals surface area contributed by atoms with Gasteiger partial charge in [0.05, 0.1) is 0 Å². The first-order valence-electron chi connectivity index (χ1n) is 2.71. The van der Waals surface area contributed by atoms with Crippen molar-refractivity contribution in [1.82, 2.24) is 5.32 Å². The van der Waals surface area contributed by atoms with Crippen LogP contribution in [0.2, 0.25) is 0 Å². The van der Waals surface area contributed by atoms with Gasteiger partial charge in [-0.15, -0.1) is 0 Å². The van der Waals surface area contributed by atoms with E-state index < -0.39 is 5.91 Å². The third kappa shape index (κ3) is 1.45. The Kier molecular flexibility index (Phi) is 1.84. The molecule has 0 saturated carbocycles. The fourth-order valence-corrected chi connectivity index (χ4v) is 0.487. The van der Waals surface area contributed by atoms with Crippen LogP contribution in [0.25, 0.3) is 0 Å². The van der Waals surface area contributed by atoms with Crippen molar-refractivity contribution in [2.75, 3.05) is 0 Å². The number of carbonyl (C=O) groups is 1. The van der Waals surface area contributed by atoms with Crippen LogP contribution >= 0.6 is 0 Å². The SMILES string of the molecule is NC(=O)C1=NC=CC=C[N]1. The molecule has 0 aliphatic carbocycles. The molecule has 1 heterocycles. The molecule has 51 valence electrons. The Morgan fingerprint density at radius 1 is 1.40 bits per heavy atom. The van der Waals surface area contributed by atoms with E-state index in [1.165, 1.54) is 12.4 Å². The van der Waals surface area contributed by atoms with E-state index in [0.717, 1.165) is 0 Å². The minimum Gasteiger partial charge on any atom is -0.363 e. The van der Waals surface area contributed by atoms with E-state index in [-0.39, 0.29) is 5.84 Å². The van der Waals surface area contributed by atoms with Gasteiger partial charge in [0.25, 0.3) is 5.91 Å². The van der Waals surface area contributed by atoms with E-state index >= 15 is 0 Å². The van der Waals surface area contributed by atoms with Gasteiger partial charge in [-0.2, -0.15) is 0 Å². The Hall–Kier alpha value is -1.58.